The molecule has 0 saturated carbocycles. The number of benzene rings is 4. The maximum atomic E-state index is 10.4. The maximum Gasteiger partial charge on any atom is 0.101 e. The fourth-order valence-corrected chi connectivity index (χ4v) is 9.54. The fourth-order valence-electron chi connectivity index (χ4n) is 7.15. The molecule has 2 aliphatic carbocycles. The Morgan fingerprint density at radius 3 is 2.21 bits per heavy atom. The van der Waals surface area contributed by atoms with Gasteiger partial charge in [-0.25, -0.2) is 0 Å². The summed E-state index contributed by atoms with van der Waals surface area (Å²) in [6.45, 7) is 0. The molecule has 5 heteroatoms. The van der Waals surface area contributed by atoms with Crippen molar-refractivity contribution in [1.29, 1.82) is 10.5 Å². The number of aromatic nitrogens is 1. The number of rotatable bonds is 2. The minimum Gasteiger partial charge on any atom is -0.311 e. The highest BCUT2D eigenvalue weighted by Gasteiger charge is 2.27. The van der Waals surface area contributed by atoms with Gasteiger partial charge in [-0.1, -0.05) is 48.5 Å². The molecule has 0 amide bonds. The van der Waals surface area contributed by atoms with Gasteiger partial charge in [-0.3, -0.25) is 0 Å². The molecule has 0 radical (unpaired) electrons. The van der Waals surface area contributed by atoms with Crippen LogP contribution in [0, 0.1) is 22.7 Å². The molecule has 3 heterocycles. The van der Waals surface area contributed by atoms with E-state index in [0.29, 0.717) is 5.57 Å². The van der Waals surface area contributed by atoms with Crippen molar-refractivity contribution >= 4 is 86.5 Å². The Labute approximate surface area is 256 Å². The smallest absolute Gasteiger partial charge is 0.101 e. The zero-order chi connectivity index (χ0) is 28.7. The summed E-state index contributed by atoms with van der Waals surface area (Å²) in [5.74, 6) is 0.0389. The van der Waals surface area contributed by atoms with Gasteiger partial charge in [0, 0.05) is 63.1 Å². The molecule has 3 aromatic heterocycles. The van der Waals surface area contributed by atoms with Crippen molar-refractivity contribution in [1.82, 2.24) is 4.57 Å². The standard InChI is InChI=1S/C38H23N3S2/c39-20-22-12-14-34-28(16-22)30-18-31-29-17-23(13-15-35(29)43-37(31)19-36(30)42-34)25-9-5-6-24(21-40)38(25)41-32-10-3-1-7-26(32)27-8-2-4-11-33(27)41/h1-8,10-11,13,15-19,25H,9,12,14H2. The van der Waals surface area contributed by atoms with E-state index < -0.39 is 0 Å². The molecule has 0 spiro atoms. The number of nitriles is 2. The SMILES string of the molecule is N#CC1=Cc2c(sc3cc4sc5ccc(C6CC=CC(C#N)=C6n6c7ccccc7c7ccccc76)cc5c4cc23)CC1. The third-order valence-electron chi connectivity index (χ3n) is 9.11. The van der Waals surface area contributed by atoms with Crippen molar-refractivity contribution in [3.63, 3.8) is 0 Å². The van der Waals surface area contributed by atoms with Crippen LogP contribution in [0.25, 0.3) is 63.8 Å². The first-order chi connectivity index (χ1) is 21.2. The number of hydrogen-bond donors (Lipinski definition) is 0. The van der Waals surface area contributed by atoms with Crippen LogP contribution in [-0.2, 0) is 6.42 Å². The van der Waals surface area contributed by atoms with E-state index in [4.69, 9.17) is 0 Å². The molecule has 1 unspecified atom stereocenters. The van der Waals surface area contributed by atoms with Crippen LogP contribution in [0.15, 0.2) is 102 Å². The van der Waals surface area contributed by atoms with Gasteiger partial charge in [0.25, 0.3) is 0 Å². The minimum absolute atomic E-state index is 0.0389. The third kappa shape index (κ3) is 3.56. The predicted molar refractivity (Wildman–Crippen MR) is 181 cm³/mol. The summed E-state index contributed by atoms with van der Waals surface area (Å²) >= 11 is 3.72. The van der Waals surface area contributed by atoms with Crippen molar-refractivity contribution in [2.24, 2.45) is 0 Å². The quantitative estimate of drug-likeness (QED) is 0.203. The lowest BCUT2D eigenvalue weighted by molar-refractivity contribution is 0.826. The van der Waals surface area contributed by atoms with Crippen molar-refractivity contribution in [3.05, 3.63) is 118 Å². The molecule has 202 valence electrons. The van der Waals surface area contributed by atoms with Crippen LogP contribution in [0.1, 0.15) is 34.8 Å². The number of hydrogen-bond acceptors (Lipinski definition) is 4. The van der Waals surface area contributed by atoms with Gasteiger partial charge in [-0.2, -0.15) is 10.5 Å². The molecule has 1 atom stereocenters. The van der Waals surface area contributed by atoms with E-state index in [-0.39, 0.29) is 5.92 Å². The number of fused-ring (bicyclic) bond motifs is 9. The maximum absolute atomic E-state index is 10.4. The molecule has 0 saturated heterocycles. The number of allylic oxidation sites excluding steroid dienone is 5. The van der Waals surface area contributed by atoms with Crippen LogP contribution < -0.4 is 0 Å². The second-order valence-electron chi connectivity index (χ2n) is 11.4. The van der Waals surface area contributed by atoms with Crippen molar-refractivity contribution in [2.45, 2.75) is 25.2 Å². The highest BCUT2D eigenvalue weighted by Crippen LogP contribution is 2.46. The molecule has 43 heavy (non-hydrogen) atoms. The molecule has 0 N–H and O–H groups in total. The van der Waals surface area contributed by atoms with Gasteiger partial charge in [-0.15, -0.1) is 22.7 Å². The van der Waals surface area contributed by atoms with Gasteiger partial charge in [0.2, 0.25) is 0 Å². The molecular formula is C38H23N3S2. The lowest BCUT2D eigenvalue weighted by atomic mass is 9.85. The predicted octanol–water partition coefficient (Wildman–Crippen LogP) is 10.7. The van der Waals surface area contributed by atoms with E-state index >= 15 is 0 Å². The zero-order valence-corrected chi connectivity index (χ0v) is 24.7. The number of thiophene rings is 2. The highest BCUT2D eigenvalue weighted by molar-refractivity contribution is 7.26. The highest BCUT2D eigenvalue weighted by atomic mass is 32.1. The molecule has 7 aromatic rings. The summed E-state index contributed by atoms with van der Waals surface area (Å²) in [5, 5.41) is 26.1. The van der Waals surface area contributed by atoms with Crippen molar-refractivity contribution in [2.75, 3.05) is 0 Å². The summed E-state index contributed by atoms with van der Waals surface area (Å²) in [6.07, 6.45) is 8.85. The van der Waals surface area contributed by atoms with Crippen LogP contribution in [0.5, 0.6) is 0 Å². The molecule has 2 aliphatic rings. The van der Waals surface area contributed by atoms with Gasteiger partial charge < -0.3 is 4.57 Å². The number of aryl methyl sites for hydroxylation is 1. The molecule has 0 fully saturated rings. The first-order valence-corrected chi connectivity index (χ1v) is 16.2. The monoisotopic (exact) mass is 585 g/mol. The summed E-state index contributed by atoms with van der Waals surface area (Å²) in [5.41, 5.74) is 7.34. The molecule has 3 nitrogen and oxygen atoms in total. The Morgan fingerprint density at radius 1 is 0.698 bits per heavy atom. The lowest BCUT2D eigenvalue weighted by Gasteiger charge is -2.26. The fraction of sp³-hybridized carbons (Fsp3) is 0.105. The average Bonchev–Trinajstić information content (AvgIpc) is 3.71. The van der Waals surface area contributed by atoms with E-state index in [0.717, 1.165) is 41.6 Å². The number of nitrogens with zero attached hydrogens (tertiary/aromatic N) is 3. The average molecular weight is 586 g/mol. The minimum atomic E-state index is 0.0389. The van der Waals surface area contributed by atoms with Crippen LogP contribution in [0.3, 0.4) is 0 Å². The Bertz CT molecular complexity index is 2460. The second-order valence-corrected chi connectivity index (χ2v) is 13.6. The largest absolute Gasteiger partial charge is 0.311 e. The summed E-state index contributed by atoms with van der Waals surface area (Å²) < 4.78 is 6.19. The summed E-state index contributed by atoms with van der Waals surface area (Å²) in [7, 11) is 0. The lowest BCUT2D eigenvalue weighted by Crippen LogP contribution is -2.12. The van der Waals surface area contributed by atoms with Crippen LogP contribution in [0.2, 0.25) is 0 Å². The molecule has 9 rings (SSSR count). The summed E-state index contributed by atoms with van der Waals surface area (Å²) in [4.78, 5) is 1.38. The van der Waals surface area contributed by atoms with Crippen LogP contribution >= 0.6 is 22.7 Å². The Balaban J connectivity index is 1.27. The van der Waals surface area contributed by atoms with E-state index in [9.17, 15) is 10.5 Å². The van der Waals surface area contributed by atoms with Crippen LogP contribution in [-0.4, -0.2) is 4.57 Å². The van der Waals surface area contributed by atoms with Crippen LogP contribution in [0.4, 0.5) is 0 Å². The second kappa shape index (κ2) is 9.28. The van der Waals surface area contributed by atoms with E-state index in [1.165, 1.54) is 57.0 Å². The van der Waals surface area contributed by atoms with Gasteiger partial charge in [0.1, 0.15) is 6.07 Å². The molecule has 0 aliphatic heterocycles. The van der Waals surface area contributed by atoms with Crippen molar-refractivity contribution < 1.29 is 0 Å². The normalized spacial score (nSPS) is 16.7. The van der Waals surface area contributed by atoms with E-state index in [1.54, 1.807) is 0 Å². The van der Waals surface area contributed by atoms with E-state index in [2.05, 4.69) is 108 Å². The topological polar surface area (TPSA) is 52.5 Å². The van der Waals surface area contributed by atoms with Gasteiger partial charge in [0.15, 0.2) is 0 Å². The number of para-hydroxylation sites is 2. The molecule has 4 aromatic carbocycles. The Morgan fingerprint density at radius 2 is 1.44 bits per heavy atom. The molecule has 0 bridgehead atoms. The van der Waals surface area contributed by atoms with Gasteiger partial charge in [0.05, 0.1) is 22.7 Å². The van der Waals surface area contributed by atoms with Crippen molar-refractivity contribution in [3.8, 4) is 12.1 Å². The van der Waals surface area contributed by atoms with Gasteiger partial charge in [-0.05, 0) is 78.9 Å². The Hall–Kier alpha value is -4.94. The summed E-state index contributed by atoms with van der Waals surface area (Å²) in [6, 6.07) is 33.5. The molecular weight excluding hydrogens is 563 g/mol. The zero-order valence-electron chi connectivity index (χ0n) is 23.1. The third-order valence-corrected chi connectivity index (χ3v) is 11.5. The first kappa shape index (κ1) is 24.6. The van der Waals surface area contributed by atoms with E-state index in [1.807, 2.05) is 28.7 Å². The Kier molecular flexibility index (Phi) is 5.32. The van der Waals surface area contributed by atoms with Gasteiger partial charge >= 0.3 is 0 Å². The first-order valence-electron chi connectivity index (χ1n) is 14.5.